The zero-order chi connectivity index (χ0) is 14.3. The minimum absolute atomic E-state index is 0.219. The van der Waals surface area contributed by atoms with E-state index in [9.17, 15) is 14.5 Å². The molecular weight excluding hydrogens is 247 g/mol. The molecule has 0 heterocycles. The van der Waals surface area contributed by atoms with E-state index in [4.69, 9.17) is 0 Å². The van der Waals surface area contributed by atoms with Gasteiger partial charge in [0.05, 0.1) is 16.7 Å². The first-order chi connectivity index (χ1) is 9.08. The van der Waals surface area contributed by atoms with Crippen LogP contribution in [0.1, 0.15) is 46.0 Å². The zero-order valence-corrected chi connectivity index (χ0v) is 11.5. The van der Waals surface area contributed by atoms with Crippen molar-refractivity contribution in [3.05, 3.63) is 34.1 Å². The number of benzene rings is 1. The van der Waals surface area contributed by atoms with Gasteiger partial charge in [-0.3, -0.25) is 10.1 Å². The molecule has 106 valence electrons. The Balaban J connectivity index is 2.75. The smallest absolute Gasteiger partial charge is 0.272 e. The summed E-state index contributed by atoms with van der Waals surface area (Å²) in [5.74, 6) is -0.563. The second-order valence-corrected chi connectivity index (χ2v) is 4.69. The lowest BCUT2D eigenvalue weighted by atomic mass is 10.0. The maximum atomic E-state index is 13.8. The highest BCUT2D eigenvalue weighted by atomic mass is 19.1. The number of hydrogen-bond acceptors (Lipinski definition) is 3. The molecule has 1 aromatic rings. The third kappa shape index (κ3) is 4.85. The van der Waals surface area contributed by atoms with E-state index < -0.39 is 10.7 Å². The number of unbranched alkanes of at least 4 members (excludes halogenated alkanes) is 1. The SMILES string of the molecule is CCCCC(CCC)Nc1ccc([N+](=O)[O-])cc1F. The predicted octanol–water partition coefficient (Wildman–Crippen LogP) is 4.50. The Bertz CT molecular complexity index is 424. The molecule has 4 nitrogen and oxygen atoms in total. The average Bonchev–Trinajstić information content (AvgIpc) is 2.38. The highest BCUT2D eigenvalue weighted by Crippen LogP contribution is 2.23. The van der Waals surface area contributed by atoms with Gasteiger partial charge in [-0.15, -0.1) is 0 Å². The Morgan fingerprint density at radius 2 is 2.05 bits per heavy atom. The van der Waals surface area contributed by atoms with E-state index in [1.807, 2.05) is 0 Å². The van der Waals surface area contributed by atoms with Gasteiger partial charge in [-0.1, -0.05) is 33.1 Å². The second kappa shape index (κ2) is 7.71. The van der Waals surface area contributed by atoms with Crippen molar-refractivity contribution in [1.29, 1.82) is 0 Å². The Labute approximate surface area is 113 Å². The summed E-state index contributed by atoms with van der Waals surface area (Å²) in [6.45, 7) is 4.21. The lowest BCUT2D eigenvalue weighted by Crippen LogP contribution is -2.19. The van der Waals surface area contributed by atoms with E-state index in [0.717, 1.165) is 38.2 Å². The molecule has 0 bridgehead atoms. The number of nitrogens with zero attached hydrogens (tertiary/aromatic N) is 1. The summed E-state index contributed by atoms with van der Waals surface area (Å²) in [6.07, 6.45) is 5.17. The Morgan fingerprint density at radius 3 is 2.58 bits per heavy atom. The van der Waals surface area contributed by atoms with Gasteiger partial charge in [0.2, 0.25) is 0 Å². The summed E-state index contributed by atoms with van der Waals surface area (Å²) in [7, 11) is 0. The molecule has 1 unspecified atom stereocenters. The van der Waals surface area contributed by atoms with Crippen molar-refractivity contribution in [3.8, 4) is 0 Å². The number of non-ortho nitro benzene ring substituents is 1. The number of nitro groups is 1. The van der Waals surface area contributed by atoms with Gasteiger partial charge in [-0.05, 0) is 18.9 Å². The van der Waals surface area contributed by atoms with Gasteiger partial charge in [0.15, 0.2) is 5.82 Å². The third-order valence-corrected chi connectivity index (χ3v) is 3.07. The van der Waals surface area contributed by atoms with Gasteiger partial charge in [-0.2, -0.15) is 0 Å². The largest absolute Gasteiger partial charge is 0.380 e. The van der Waals surface area contributed by atoms with Gasteiger partial charge in [0, 0.05) is 12.1 Å². The summed E-state index contributed by atoms with van der Waals surface area (Å²) < 4.78 is 13.8. The lowest BCUT2D eigenvalue weighted by Gasteiger charge is -2.19. The number of rotatable bonds is 8. The van der Waals surface area contributed by atoms with Crippen molar-refractivity contribution in [2.75, 3.05) is 5.32 Å². The van der Waals surface area contributed by atoms with Crippen molar-refractivity contribution in [3.63, 3.8) is 0 Å². The standard InChI is InChI=1S/C14H21FN2O2/c1-3-5-7-11(6-4-2)16-14-9-8-12(17(18)19)10-13(14)15/h8-11,16H,3-7H2,1-2H3. The summed E-state index contributed by atoms with van der Waals surface area (Å²) >= 11 is 0. The van der Waals surface area contributed by atoms with E-state index in [1.54, 1.807) is 0 Å². The lowest BCUT2D eigenvalue weighted by molar-refractivity contribution is -0.385. The van der Waals surface area contributed by atoms with Gasteiger partial charge < -0.3 is 5.32 Å². The van der Waals surface area contributed by atoms with Crippen LogP contribution in [0.15, 0.2) is 18.2 Å². The first-order valence-corrected chi connectivity index (χ1v) is 6.79. The first-order valence-electron chi connectivity index (χ1n) is 6.79. The molecule has 19 heavy (non-hydrogen) atoms. The summed E-state index contributed by atoms with van der Waals surface area (Å²) in [6, 6.07) is 3.96. The summed E-state index contributed by atoms with van der Waals surface area (Å²) in [5.41, 5.74) is 0.129. The number of anilines is 1. The predicted molar refractivity (Wildman–Crippen MR) is 74.9 cm³/mol. The van der Waals surface area contributed by atoms with E-state index in [0.29, 0.717) is 5.69 Å². The number of halogens is 1. The molecule has 0 aliphatic heterocycles. The fourth-order valence-electron chi connectivity index (χ4n) is 2.04. The first kappa shape index (κ1) is 15.4. The Hall–Kier alpha value is -1.65. The Morgan fingerprint density at radius 1 is 1.32 bits per heavy atom. The van der Waals surface area contributed by atoms with Gasteiger partial charge >= 0.3 is 0 Å². The van der Waals surface area contributed by atoms with Crippen LogP contribution in [0.2, 0.25) is 0 Å². The van der Waals surface area contributed by atoms with Crippen LogP contribution >= 0.6 is 0 Å². The number of nitrogens with one attached hydrogen (secondary N) is 1. The van der Waals surface area contributed by atoms with Crippen molar-refractivity contribution in [2.24, 2.45) is 0 Å². The van der Waals surface area contributed by atoms with E-state index >= 15 is 0 Å². The minimum atomic E-state index is -0.590. The highest BCUT2D eigenvalue weighted by molar-refractivity contribution is 5.50. The molecule has 1 rings (SSSR count). The molecule has 5 heteroatoms. The molecule has 0 fully saturated rings. The molecule has 0 saturated heterocycles. The Kier molecular flexibility index (Phi) is 6.25. The van der Waals surface area contributed by atoms with E-state index in [-0.39, 0.29) is 11.7 Å². The maximum Gasteiger partial charge on any atom is 0.272 e. The molecular formula is C14H21FN2O2. The maximum absolute atomic E-state index is 13.8. The van der Waals surface area contributed by atoms with Gasteiger partial charge in [-0.25, -0.2) is 4.39 Å². The van der Waals surface area contributed by atoms with Crippen LogP contribution in [0.25, 0.3) is 0 Å². The average molecular weight is 268 g/mol. The van der Waals surface area contributed by atoms with Crippen molar-refractivity contribution < 1.29 is 9.31 Å². The van der Waals surface area contributed by atoms with Crippen LogP contribution in [-0.2, 0) is 0 Å². The summed E-state index contributed by atoms with van der Waals surface area (Å²) in [4.78, 5) is 9.96. The van der Waals surface area contributed by atoms with E-state index in [1.165, 1.54) is 12.1 Å². The molecule has 0 radical (unpaired) electrons. The minimum Gasteiger partial charge on any atom is -0.380 e. The van der Waals surface area contributed by atoms with E-state index in [2.05, 4.69) is 19.2 Å². The van der Waals surface area contributed by atoms with Crippen LogP contribution in [0, 0.1) is 15.9 Å². The van der Waals surface area contributed by atoms with Crippen molar-refractivity contribution >= 4 is 11.4 Å². The molecule has 0 aliphatic rings. The third-order valence-electron chi connectivity index (χ3n) is 3.07. The number of nitro benzene ring substituents is 1. The highest BCUT2D eigenvalue weighted by Gasteiger charge is 2.13. The normalized spacial score (nSPS) is 12.2. The van der Waals surface area contributed by atoms with Crippen LogP contribution in [0.3, 0.4) is 0 Å². The molecule has 1 N–H and O–H groups in total. The molecule has 1 atom stereocenters. The number of hydrogen-bond donors (Lipinski definition) is 1. The molecule has 1 aromatic carbocycles. The second-order valence-electron chi connectivity index (χ2n) is 4.69. The molecule has 0 aromatic heterocycles. The van der Waals surface area contributed by atoms with Crippen LogP contribution < -0.4 is 5.32 Å². The fraction of sp³-hybridized carbons (Fsp3) is 0.571. The van der Waals surface area contributed by atoms with Gasteiger partial charge in [0.1, 0.15) is 0 Å². The van der Waals surface area contributed by atoms with Gasteiger partial charge in [0.25, 0.3) is 5.69 Å². The fourth-order valence-corrected chi connectivity index (χ4v) is 2.04. The molecule has 0 amide bonds. The molecule has 0 saturated carbocycles. The quantitative estimate of drug-likeness (QED) is 0.557. The van der Waals surface area contributed by atoms with Crippen LogP contribution in [0.5, 0.6) is 0 Å². The molecule has 0 aliphatic carbocycles. The molecule has 0 spiro atoms. The topological polar surface area (TPSA) is 55.2 Å². The summed E-state index contributed by atoms with van der Waals surface area (Å²) in [5, 5.41) is 13.7. The zero-order valence-electron chi connectivity index (χ0n) is 11.5. The monoisotopic (exact) mass is 268 g/mol. The van der Waals surface area contributed by atoms with Crippen LogP contribution in [-0.4, -0.2) is 11.0 Å². The van der Waals surface area contributed by atoms with Crippen molar-refractivity contribution in [1.82, 2.24) is 0 Å². The van der Waals surface area contributed by atoms with Crippen LogP contribution in [0.4, 0.5) is 15.8 Å². The van der Waals surface area contributed by atoms with Crippen molar-refractivity contribution in [2.45, 2.75) is 52.0 Å².